The third-order valence-corrected chi connectivity index (χ3v) is 4.06. The highest BCUT2D eigenvalue weighted by molar-refractivity contribution is 6.31. The van der Waals surface area contributed by atoms with Crippen molar-refractivity contribution in [1.29, 1.82) is 0 Å². The first-order chi connectivity index (χ1) is 11.9. The van der Waals surface area contributed by atoms with Crippen LogP contribution in [0.4, 0.5) is 4.79 Å². The summed E-state index contributed by atoms with van der Waals surface area (Å²) in [4.78, 5) is 24.1. The zero-order valence-corrected chi connectivity index (χ0v) is 15.3. The second-order valence-electron chi connectivity index (χ2n) is 5.43. The minimum atomic E-state index is -0.761. The van der Waals surface area contributed by atoms with E-state index >= 15 is 0 Å². The van der Waals surface area contributed by atoms with Crippen molar-refractivity contribution in [3.8, 4) is 11.5 Å². The van der Waals surface area contributed by atoms with Gasteiger partial charge in [0.05, 0.1) is 37.5 Å². The molecule has 2 amide bonds. The fraction of sp³-hybridized carbons (Fsp3) is 0.412. The molecule has 1 atom stereocenters. The average molecular weight is 369 g/mol. The van der Waals surface area contributed by atoms with E-state index in [1.807, 2.05) is 6.92 Å². The number of esters is 1. The van der Waals surface area contributed by atoms with Gasteiger partial charge in [-0.3, -0.25) is 0 Å². The van der Waals surface area contributed by atoms with Crippen LogP contribution in [0.25, 0.3) is 0 Å². The molecule has 0 aromatic heterocycles. The predicted molar refractivity (Wildman–Crippen MR) is 92.9 cm³/mol. The number of methoxy groups -OCH3 is 2. The molecule has 8 heteroatoms. The quantitative estimate of drug-likeness (QED) is 0.754. The molecule has 1 unspecified atom stereocenters. The monoisotopic (exact) mass is 368 g/mol. The Kier molecular flexibility index (Phi) is 6.14. The predicted octanol–water partition coefficient (Wildman–Crippen LogP) is 2.94. The Morgan fingerprint density at radius 3 is 2.60 bits per heavy atom. The molecule has 1 aliphatic rings. The second kappa shape index (κ2) is 8.11. The number of urea groups is 1. The van der Waals surface area contributed by atoms with Crippen molar-refractivity contribution in [2.45, 2.75) is 26.3 Å². The van der Waals surface area contributed by atoms with Crippen LogP contribution in [-0.4, -0.2) is 32.8 Å². The Balaban J connectivity index is 2.53. The Hall–Kier alpha value is -2.41. The topological polar surface area (TPSA) is 85.9 Å². The lowest BCUT2D eigenvalue weighted by Crippen LogP contribution is -2.45. The number of hydrogen-bond donors (Lipinski definition) is 2. The molecule has 7 nitrogen and oxygen atoms in total. The van der Waals surface area contributed by atoms with E-state index in [-0.39, 0.29) is 5.57 Å². The molecule has 2 N–H and O–H groups in total. The summed E-state index contributed by atoms with van der Waals surface area (Å²) in [6.07, 6.45) is 0.835. The summed E-state index contributed by atoms with van der Waals surface area (Å²) >= 11 is 6.40. The minimum absolute atomic E-state index is 0.272. The van der Waals surface area contributed by atoms with E-state index in [0.717, 1.165) is 6.42 Å². The van der Waals surface area contributed by atoms with Crippen molar-refractivity contribution >= 4 is 23.6 Å². The first kappa shape index (κ1) is 18.9. The van der Waals surface area contributed by atoms with Gasteiger partial charge in [0.15, 0.2) is 11.5 Å². The number of benzene rings is 1. The summed E-state index contributed by atoms with van der Waals surface area (Å²) in [6, 6.07) is 2.07. The Labute approximate surface area is 151 Å². The Morgan fingerprint density at radius 2 is 2.00 bits per heavy atom. The van der Waals surface area contributed by atoms with Gasteiger partial charge < -0.3 is 24.8 Å². The number of ether oxygens (including phenoxy) is 3. The van der Waals surface area contributed by atoms with Crippen LogP contribution >= 0.6 is 11.6 Å². The molecule has 0 saturated heterocycles. The molecule has 0 spiro atoms. The molecule has 136 valence electrons. The van der Waals surface area contributed by atoms with Crippen molar-refractivity contribution in [2.24, 2.45) is 0 Å². The van der Waals surface area contributed by atoms with Crippen molar-refractivity contribution < 1.29 is 23.8 Å². The molecular formula is C17H21ClN2O5. The number of carbonyl (C=O) groups excluding carboxylic acids is 2. The molecule has 0 bridgehead atoms. The van der Waals surface area contributed by atoms with Crippen LogP contribution in [0.2, 0.25) is 5.02 Å². The highest BCUT2D eigenvalue weighted by atomic mass is 35.5. The first-order valence-electron chi connectivity index (χ1n) is 7.79. The molecule has 25 heavy (non-hydrogen) atoms. The number of amides is 2. The van der Waals surface area contributed by atoms with E-state index in [1.54, 1.807) is 19.1 Å². The van der Waals surface area contributed by atoms with Gasteiger partial charge in [-0.25, -0.2) is 9.59 Å². The molecule has 1 aromatic carbocycles. The van der Waals surface area contributed by atoms with Crippen LogP contribution in [0, 0.1) is 0 Å². The van der Waals surface area contributed by atoms with Gasteiger partial charge in [0.2, 0.25) is 0 Å². The molecule has 1 aliphatic heterocycles. The largest absolute Gasteiger partial charge is 0.493 e. The average Bonchev–Trinajstić information content (AvgIpc) is 2.58. The van der Waals surface area contributed by atoms with Gasteiger partial charge in [0, 0.05) is 17.3 Å². The van der Waals surface area contributed by atoms with Gasteiger partial charge in [-0.1, -0.05) is 18.5 Å². The van der Waals surface area contributed by atoms with Gasteiger partial charge in [-0.05, 0) is 19.4 Å². The number of rotatable bonds is 6. The summed E-state index contributed by atoms with van der Waals surface area (Å²) in [5.41, 5.74) is 1.19. The molecule has 2 rings (SSSR count). The summed E-state index contributed by atoms with van der Waals surface area (Å²) < 4.78 is 15.8. The second-order valence-corrected chi connectivity index (χ2v) is 5.84. The summed E-state index contributed by atoms with van der Waals surface area (Å²) in [5.74, 6) is 0.400. The van der Waals surface area contributed by atoms with Crippen molar-refractivity contribution in [2.75, 3.05) is 20.8 Å². The van der Waals surface area contributed by atoms with Crippen LogP contribution in [0.15, 0.2) is 23.4 Å². The SMILES string of the molecule is CCCOc1cc(Cl)c(C2NC(=O)NC(C)=C2C(=O)OC)cc1OC. The molecule has 0 fully saturated rings. The Bertz CT molecular complexity index is 717. The van der Waals surface area contributed by atoms with Crippen LogP contribution in [0.1, 0.15) is 31.9 Å². The molecule has 0 radical (unpaired) electrons. The molecule has 0 saturated carbocycles. The maximum absolute atomic E-state index is 12.2. The number of allylic oxidation sites excluding steroid dienone is 1. The highest BCUT2D eigenvalue weighted by Gasteiger charge is 2.33. The van der Waals surface area contributed by atoms with Gasteiger partial charge in [0.1, 0.15) is 0 Å². The van der Waals surface area contributed by atoms with Gasteiger partial charge >= 0.3 is 12.0 Å². The normalized spacial score (nSPS) is 16.8. The number of carbonyl (C=O) groups is 2. The van der Waals surface area contributed by atoms with E-state index in [2.05, 4.69) is 10.6 Å². The van der Waals surface area contributed by atoms with Crippen molar-refractivity contribution in [3.63, 3.8) is 0 Å². The van der Waals surface area contributed by atoms with E-state index in [1.165, 1.54) is 14.2 Å². The molecule has 1 aromatic rings. The molecule has 0 aliphatic carbocycles. The maximum Gasteiger partial charge on any atom is 0.337 e. The van der Waals surface area contributed by atoms with Crippen molar-refractivity contribution in [3.05, 3.63) is 34.0 Å². The highest BCUT2D eigenvalue weighted by Crippen LogP contribution is 2.39. The third kappa shape index (κ3) is 3.99. The van der Waals surface area contributed by atoms with Crippen LogP contribution in [0.5, 0.6) is 11.5 Å². The summed E-state index contributed by atoms with van der Waals surface area (Å²) in [5, 5.41) is 5.60. The first-order valence-corrected chi connectivity index (χ1v) is 8.17. The lowest BCUT2D eigenvalue weighted by atomic mass is 9.95. The van der Waals surface area contributed by atoms with E-state index < -0.39 is 18.0 Å². The number of hydrogen-bond acceptors (Lipinski definition) is 5. The van der Waals surface area contributed by atoms with Crippen LogP contribution in [-0.2, 0) is 9.53 Å². The van der Waals surface area contributed by atoms with E-state index in [4.69, 9.17) is 25.8 Å². The number of halogens is 1. The smallest absolute Gasteiger partial charge is 0.337 e. The number of nitrogens with one attached hydrogen (secondary N) is 2. The fourth-order valence-corrected chi connectivity index (χ4v) is 2.83. The Morgan fingerprint density at radius 1 is 1.28 bits per heavy atom. The molecular weight excluding hydrogens is 348 g/mol. The van der Waals surface area contributed by atoms with E-state index in [9.17, 15) is 9.59 Å². The van der Waals surface area contributed by atoms with Crippen LogP contribution in [0.3, 0.4) is 0 Å². The lowest BCUT2D eigenvalue weighted by molar-refractivity contribution is -0.136. The summed E-state index contributed by atoms with van der Waals surface area (Å²) in [7, 11) is 2.79. The van der Waals surface area contributed by atoms with Crippen LogP contribution < -0.4 is 20.1 Å². The summed E-state index contributed by atoms with van der Waals surface area (Å²) in [6.45, 7) is 4.13. The fourth-order valence-electron chi connectivity index (χ4n) is 2.56. The standard InChI is InChI=1S/C17H21ClN2O5/c1-5-6-25-13-8-11(18)10(7-12(13)23-3)15-14(16(21)24-4)9(2)19-17(22)20-15/h7-8,15H,5-6H2,1-4H3,(H2,19,20,22). The van der Waals surface area contributed by atoms with Gasteiger partial charge in [-0.15, -0.1) is 0 Å². The van der Waals surface area contributed by atoms with Crippen molar-refractivity contribution in [1.82, 2.24) is 10.6 Å². The van der Waals surface area contributed by atoms with Gasteiger partial charge in [-0.2, -0.15) is 0 Å². The van der Waals surface area contributed by atoms with E-state index in [0.29, 0.717) is 34.4 Å². The lowest BCUT2D eigenvalue weighted by Gasteiger charge is -2.28. The maximum atomic E-state index is 12.2. The minimum Gasteiger partial charge on any atom is -0.493 e. The van der Waals surface area contributed by atoms with Gasteiger partial charge in [0.25, 0.3) is 0 Å². The zero-order valence-electron chi connectivity index (χ0n) is 14.6. The third-order valence-electron chi connectivity index (χ3n) is 3.73. The molecule has 1 heterocycles. The zero-order chi connectivity index (χ0) is 18.6.